The molecule has 3 saturated heterocycles. The van der Waals surface area contributed by atoms with Crippen LogP contribution in [0, 0.1) is 24.7 Å². The van der Waals surface area contributed by atoms with Gasteiger partial charge in [-0.2, -0.15) is 0 Å². The average Bonchev–Trinajstić information content (AvgIpc) is 3.58. The highest BCUT2D eigenvalue weighted by atomic mass is 35.5. The molecule has 0 radical (unpaired) electrons. The van der Waals surface area contributed by atoms with Crippen molar-refractivity contribution in [3.05, 3.63) is 54.1 Å². The first-order chi connectivity index (χ1) is 19.6. The summed E-state index contributed by atoms with van der Waals surface area (Å²) in [4.78, 5) is 45.9. The number of para-hydroxylation sites is 1. The number of benzene rings is 1. The lowest BCUT2D eigenvalue weighted by Gasteiger charge is -2.40. The molecule has 3 aliphatic heterocycles. The Morgan fingerprint density at radius 2 is 2.05 bits per heavy atom. The van der Waals surface area contributed by atoms with Gasteiger partial charge in [0.05, 0.1) is 46.5 Å². The summed E-state index contributed by atoms with van der Waals surface area (Å²) in [6.45, 7) is 13.8. The van der Waals surface area contributed by atoms with Gasteiger partial charge in [0.15, 0.2) is 0 Å². The number of fused-ring (bicyclic) bond motifs is 1. The lowest BCUT2D eigenvalue weighted by atomic mass is 9.71. The number of aryl methyl sites for hydroxylation is 1. The zero-order valence-corrected chi connectivity index (χ0v) is 26.0. The van der Waals surface area contributed by atoms with Gasteiger partial charge in [-0.15, -0.1) is 24.9 Å². The van der Waals surface area contributed by atoms with Gasteiger partial charge in [-0.25, -0.2) is 0 Å². The molecule has 3 aliphatic rings. The first-order valence-electron chi connectivity index (χ1n) is 14.7. The molecular weight excluding hydrogens is 560 g/mol. The van der Waals surface area contributed by atoms with Crippen LogP contribution in [0.2, 0.25) is 5.02 Å². The number of likely N-dealkylation sites (tertiary alicyclic amines) is 1. The normalized spacial score (nSPS) is 27.2. The maximum atomic E-state index is 14.8. The zero-order valence-electron chi connectivity index (χ0n) is 24.4. The van der Waals surface area contributed by atoms with Crippen LogP contribution in [0.25, 0.3) is 0 Å². The SMILES string of the molecule is C=CCCCCOC(=O)[C@@H]1[C@H]2C(=O)N([C@@H](CO)CC(C)C)C(C(=O)N(CC=C)c3c(C)cccc3Cl)C23CC[C@H]1S3. The summed E-state index contributed by atoms with van der Waals surface area (Å²) in [6.07, 6.45) is 7.86. The minimum Gasteiger partial charge on any atom is -0.465 e. The first kappa shape index (κ1) is 31.6. The van der Waals surface area contributed by atoms with E-state index in [1.165, 1.54) is 0 Å². The maximum Gasteiger partial charge on any atom is 0.310 e. The number of amides is 2. The smallest absolute Gasteiger partial charge is 0.310 e. The molecule has 7 nitrogen and oxygen atoms in total. The summed E-state index contributed by atoms with van der Waals surface area (Å²) in [5, 5.41) is 10.9. The number of thioether (sulfide) groups is 1. The molecule has 2 bridgehead atoms. The van der Waals surface area contributed by atoms with Crippen LogP contribution < -0.4 is 4.90 Å². The molecule has 1 aromatic carbocycles. The van der Waals surface area contributed by atoms with Crippen molar-refractivity contribution in [1.29, 1.82) is 0 Å². The Morgan fingerprint density at radius 1 is 1.29 bits per heavy atom. The van der Waals surface area contributed by atoms with Gasteiger partial charge in [0, 0.05) is 11.8 Å². The van der Waals surface area contributed by atoms with E-state index >= 15 is 0 Å². The van der Waals surface area contributed by atoms with Crippen molar-refractivity contribution >= 4 is 46.8 Å². The van der Waals surface area contributed by atoms with E-state index in [-0.39, 0.29) is 42.1 Å². The van der Waals surface area contributed by atoms with Gasteiger partial charge >= 0.3 is 5.97 Å². The molecule has 0 aliphatic carbocycles. The Morgan fingerprint density at radius 3 is 2.68 bits per heavy atom. The van der Waals surface area contributed by atoms with E-state index in [9.17, 15) is 19.5 Å². The first-order valence-corrected chi connectivity index (χ1v) is 15.9. The topological polar surface area (TPSA) is 87.1 Å². The maximum absolute atomic E-state index is 14.8. The van der Waals surface area contributed by atoms with Crippen LogP contribution in [0.1, 0.15) is 57.9 Å². The third-order valence-corrected chi connectivity index (χ3v) is 10.9. The second-order valence-electron chi connectivity index (χ2n) is 11.9. The number of aliphatic hydroxyl groups is 1. The van der Waals surface area contributed by atoms with Gasteiger partial charge in [-0.05, 0) is 63.0 Å². The number of halogens is 1. The molecule has 224 valence electrons. The van der Waals surface area contributed by atoms with Crippen molar-refractivity contribution in [2.24, 2.45) is 17.8 Å². The highest BCUT2D eigenvalue weighted by molar-refractivity contribution is 8.02. The van der Waals surface area contributed by atoms with Crippen molar-refractivity contribution in [1.82, 2.24) is 4.90 Å². The van der Waals surface area contributed by atoms with E-state index in [4.69, 9.17) is 16.3 Å². The van der Waals surface area contributed by atoms with E-state index in [1.54, 1.807) is 33.7 Å². The molecule has 1 spiro atoms. The number of rotatable bonds is 14. The molecule has 9 heteroatoms. The summed E-state index contributed by atoms with van der Waals surface area (Å²) < 4.78 is 4.93. The average molecular weight is 603 g/mol. The summed E-state index contributed by atoms with van der Waals surface area (Å²) in [6, 6.07) is 4.08. The predicted octanol–water partition coefficient (Wildman–Crippen LogP) is 5.57. The molecule has 1 N–H and O–H groups in total. The number of anilines is 1. The van der Waals surface area contributed by atoms with Gasteiger partial charge in [0.25, 0.3) is 5.91 Å². The third kappa shape index (κ3) is 5.84. The minimum absolute atomic E-state index is 0.0883. The molecule has 6 atom stereocenters. The minimum atomic E-state index is -0.855. The van der Waals surface area contributed by atoms with Crippen molar-refractivity contribution < 1.29 is 24.2 Å². The Hall–Kier alpha value is -2.29. The summed E-state index contributed by atoms with van der Waals surface area (Å²) in [5.74, 6) is -1.96. The number of carbonyl (C=O) groups is 3. The number of carbonyl (C=O) groups excluding carboxylic acids is 3. The van der Waals surface area contributed by atoms with E-state index in [0.29, 0.717) is 30.2 Å². The van der Waals surface area contributed by atoms with Crippen LogP contribution in [-0.2, 0) is 19.1 Å². The summed E-state index contributed by atoms with van der Waals surface area (Å²) >= 11 is 8.25. The monoisotopic (exact) mass is 602 g/mol. The Kier molecular flexibility index (Phi) is 10.3. The van der Waals surface area contributed by atoms with E-state index < -0.39 is 28.7 Å². The van der Waals surface area contributed by atoms with Crippen LogP contribution in [0.15, 0.2) is 43.5 Å². The highest BCUT2D eigenvalue weighted by Crippen LogP contribution is 2.67. The van der Waals surface area contributed by atoms with Gasteiger partial charge in [-0.3, -0.25) is 14.4 Å². The van der Waals surface area contributed by atoms with Crippen molar-refractivity contribution in [2.75, 3.05) is 24.7 Å². The van der Waals surface area contributed by atoms with Crippen molar-refractivity contribution in [3.8, 4) is 0 Å². The Bertz CT molecular complexity index is 1150. The van der Waals surface area contributed by atoms with Gasteiger partial charge in [0.2, 0.25) is 5.91 Å². The number of unbranched alkanes of at least 4 members (excludes halogenated alkanes) is 2. The van der Waals surface area contributed by atoms with Crippen LogP contribution >= 0.6 is 23.4 Å². The fourth-order valence-electron chi connectivity index (χ4n) is 7.04. The third-order valence-electron chi connectivity index (χ3n) is 8.67. The number of esters is 1. The number of aliphatic hydroxyl groups excluding tert-OH is 1. The van der Waals surface area contributed by atoms with E-state index in [2.05, 4.69) is 13.2 Å². The molecule has 2 unspecified atom stereocenters. The number of allylic oxidation sites excluding steroid dienone is 1. The van der Waals surface area contributed by atoms with Crippen molar-refractivity contribution in [3.63, 3.8) is 0 Å². The number of ether oxygens (including phenoxy) is 1. The van der Waals surface area contributed by atoms with E-state index in [0.717, 1.165) is 31.2 Å². The number of hydrogen-bond acceptors (Lipinski definition) is 6. The number of hydrogen-bond donors (Lipinski definition) is 1. The predicted molar refractivity (Wildman–Crippen MR) is 165 cm³/mol. The molecule has 0 saturated carbocycles. The fourth-order valence-corrected chi connectivity index (χ4v) is 9.56. The molecule has 0 aromatic heterocycles. The fraction of sp³-hybridized carbons (Fsp3) is 0.594. The molecular formula is C32H43ClN2O5S. The second kappa shape index (κ2) is 13.3. The highest BCUT2D eigenvalue weighted by Gasteiger charge is 2.74. The standard InChI is InChI=1S/C32H43ClN2O5S/c1-6-8-9-10-17-40-31(39)25-24-14-15-32(41-24)26(25)29(37)35(22(19-36)18-20(3)4)28(32)30(38)34(16-7-2)27-21(5)12-11-13-23(27)33/h6-7,11-13,20,22,24-26,28,36H,1-2,8-10,14-19H2,3-5H3/t22-,24-,25+,26+,28?,32?/m1/s1. The zero-order chi connectivity index (χ0) is 29.9. The van der Waals surface area contributed by atoms with Gasteiger partial charge in [0.1, 0.15) is 6.04 Å². The number of nitrogens with zero attached hydrogens (tertiary/aromatic N) is 2. The quantitative estimate of drug-likeness (QED) is 0.170. The second-order valence-corrected chi connectivity index (χ2v) is 13.9. The molecule has 3 heterocycles. The molecule has 2 amide bonds. The van der Waals surface area contributed by atoms with Crippen LogP contribution in [-0.4, -0.2) is 69.6 Å². The lowest BCUT2D eigenvalue weighted by Crippen LogP contribution is -2.58. The van der Waals surface area contributed by atoms with Gasteiger partial charge in [-0.1, -0.05) is 49.7 Å². The Labute approximate surface area is 253 Å². The molecule has 1 aromatic rings. The molecule has 3 fully saturated rings. The lowest BCUT2D eigenvalue weighted by molar-refractivity contribution is -0.154. The molecule has 41 heavy (non-hydrogen) atoms. The van der Waals surface area contributed by atoms with Crippen molar-refractivity contribution in [2.45, 2.75) is 81.4 Å². The van der Waals surface area contributed by atoms with Crippen LogP contribution in [0.3, 0.4) is 0 Å². The summed E-state index contributed by atoms with van der Waals surface area (Å²) in [7, 11) is 0. The largest absolute Gasteiger partial charge is 0.465 e. The molecule has 4 rings (SSSR count). The van der Waals surface area contributed by atoms with Crippen LogP contribution in [0.5, 0.6) is 0 Å². The Balaban J connectivity index is 1.75. The van der Waals surface area contributed by atoms with Gasteiger partial charge < -0.3 is 19.6 Å². The van der Waals surface area contributed by atoms with Crippen LogP contribution in [0.4, 0.5) is 5.69 Å². The summed E-state index contributed by atoms with van der Waals surface area (Å²) in [5.41, 5.74) is 1.42. The van der Waals surface area contributed by atoms with E-state index in [1.807, 2.05) is 39.0 Å².